The Bertz CT molecular complexity index is 653. The number of piperidine rings is 1. The molecule has 0 aliphatic carbocycles. The minimum atomic E-state index is -0.171. The third-order valence-corrected chi connectivity index (χ3v) is 4.21. The van der Waals surface area contributed by atoms with E-state index in [0.29, 0.717) is 11.4 Å². The van der Waals surface area contributed by atoms with Crippen molar-refractivity contribution in [2.75, 3.05) is 23.3 Å². The van der Waals surface area contributed by atoms with Crippen LogP contribution in [0.4, 0.5) is 11.6 Å². The van der Waals surface area contributed by atoms with Crippen molar-refractivity contribution in [3.8, 4) is 0 Å². The van der Waals surface area contributed by atoms with Gasteiger partial charge in [-0.3, -0.25) is 4.79 Å². The molecule has 1 amide bonds. The number of anilines is 2. The fourth-order valence-electron chi connectivity index (χ4n) is 2.50. The zero-order valence-corrected chi connectivity index (χ0v) is 13.7. The Hall–Kier alpha value is -1.95. The first kappa shape index (κ1) is 15.0. The Morgan fingerprint density at radius 2 is 1.82 bits per heavy atom. The normalized spacial score (nSPS) is 14.7. The van der Waals surface area contributed by atoms with Crippen molar-refractivity contribution < 1.29 is 4.79 Å². The summed E-state index contributed by atoms with van der Waals surface area (Å²) in [7, 11) is 0. The highest BCUT2D eigenvalue weighted by Gasteiger charge is 2.13. The number of carbonyl (C=O) groups is 1. The van der Waals surface area contributed by atoms with E-state index in [1.165, 1.54) is 25.6 Å². The van der Waals surface area contributed by atoms with Gasteiger partial charge in [-0.1, -0.05) is 15.9 Å². The first-order valence-corrected chi connectivity index (χ1v) is 8.15. The van der Waals surface area contributed by atoms with Crippen molar-refractivity contribution in [3.63, 3.8) is 0 Å². The lowest BCUT2D eigenvalue weighted by Crippen LogP contribution is -2.30. The molecule has 6 heteroatoms. The molecule has 1 N–H and O–H groups in total. The van der Waals surface area contributed by atoms with E-state index in [-0.39, 0.29) is 5.91 Å². The van der Waals surface area contributed by atoms with Crippen LogP contribution in [0.5, 0.6) is 0 Å². The molecule has 3 rings (SSSR count). The highest BCUT2D eigenvalue weighted by molar-refractivity contribution is 9.10. The Labute approximate surface area is 137 Å². The molecular formula is C16H17BrN4O. The largest absolute Gasteiger partial charge is 0.356 e. The van der Waals surface area contributed by atoms with Gasteiger partial charge >= 0.3 is 0 Å². The van der Waals surface area contributed by atoms with E-state index in [4.69, 9.17) is 0 Å². The molecule has 0 bridgehead atoms. The van der Waals surface area contributed by atoms with Crippen LogP contribution >= 0.6 is 15.9 Å². The Morgan fingerprint density at radius 1 is 1.09 bits per heavy atom. The zero-order valence-electron chi connectivity index (χ0n) is 12.1. The number of halogens is 1. The predicted octanol–water partition coefficient (Wildman–Crippen LogP) is 3.48. The Morgan fingerprint density at radius 3 is 2.55 bits per heavy atom. The smallest absolute Gasteiger partial charge is 0.256 e. The van der Waals surface area contributed by atoms with Crippen molar-refractivity contribution in [3.05, 3.63) is 46.7 Å². The van der Waals surface area contributed by atoms with Crippen LogP contribution in [-0.2, 0) is 0 Å². The summed E-state index contributed by atoms with van der Waals surface area (Å²) in [5.74, 6) is 1.24. The molecule has 5 nitrogen and oxygen atoms in total. The molecular weight excluding hydrogens is 344 g/mol. The maximum atomic E-state index is 12.2. The quantitative estimate of drug-likeness (QED) is 0.910. The van der Waals surface area contributed by atoms with Crippen LogP contribution < -0.4 is 10.2 Å². The van der Waals surface area contributed by atoms with Crippen LogP contribution in [0.2, 0.25) is 0 Å². The van der Waals surface area contributed by atoms with Gasteiger partial charge in [0.15, 0.2) is 0 Å². The first-order valence-electron chi connectivity index (χ1n) is 7.36. The SMILES string of the molecule is O=C(Nc1cc(N2CCCCC2)ncn1)c1ccc(Br)cc1. The average Bonchev–Trinajstić information content (AvgIpc) is 2.56. The molecule has 1 fully saturated rings. The second kappa shape index (κ2) is 6.87. The summed E-state index contributed by atoms with van der Waals surface area (Å²) in [4.78, 5) is 22.9. The molecule has 114 valence electrons. The standard InChI is InChI=1S/C16H17BrN4O/c17-13-6-4-12(5-7-13)16(22)20-14-10-15(19-11-18-14)21-8-2-1-3-9-21/h4-7,10-11H,1-3,8-9H2,(H,18,19,20,22). The summed E-state index contributed by atoms with van der Waals surface area (Å²) >= 11 is 3.36. The van der Waals surface area contributed by atoms with Gasteiger partial charge in [0.05, 0.1) is 0 Å². The second-order valence-electron chi connectivity index (χ2n) is 5.27. The maximum absolute atomic E-state index is 12.2. The summed E-state index contributed by atoms with van der Waals surface area (Å²) < 4.78 is 0.943. The lowest BCUT2D eigenvalue weighted by Gasteiger charge is -2.27. The molecule has 2 aromatic rings. The van der Waals surface area contributed by atoms with Gasteiger partial charge in [-0.05, 0) is 43.5 Å². The number of nitrogens with zero attached hydrogens (tertiary/aromatic N) is 3. The van der Waals surface area contributed by atoms with Crippen molar-refractivity contribution in [1.82, 2.24) is 9.97 Å². The monoisotopic (exact) mass is 360 g/mol. The Balaban J connectivity index is 1.72. The van der Waals surface area contributed by atoms with E-state index in [1.807, 2.05) is 18.2 Å². The van der Waals surface area contributed by atoms with E-state index >= 15 is 0 Å². The lowest BCUT2D eigenvalue weighted by molar-refractivity contribution is 0.102. The molecule has 1 aliphatic rings. The molecule has 1 aromatic heterocycles. The molecule has 22 heavy (non-hydrogen) atoms. The number of nitrogens with one attached hydrogen (secondary N) is 1. The van der Waals surface area contributed by atoms with E-state index in [1.54, 1.807) is 12.1 Å². The summed E-state index contributed by atoms with van der Waals surface area (Å²) in [5, 5.41) is 2.83. The third-order valence-electron chi connectivity index (χ3n) is 3.68. The van der Waals surface area contributed by atoms with Gasteiger partial charge in [0.25, 0.3) is 5.91 Å². The highest BCUT2D eigenvalue weighted by Crippen LogP contribution is 2.19. The van der Waals surface area contributed by atoms with E-state index in [9.17, 15) is 4.79 Å². The summed E-state index contributed by atoms with van der Waals surface area (Å²) in [6.07, 6.45) is 5.14. The number of hydrogen-bond donors (Lipinski definition) is 1. The highest BCUT2D eigenvalue weighted by atomic mass is 79.9. The van der Waals surface area contributed by atoms with Crippen LogP contribution in [0.1, 0.15) is 29.6 Å². The molecule has 0 atom stereocenters. The number of aromatic nitrogens is 2. The van der Waals surface area contributed by atoms with Crippen molar-refractivity contribution >= 4 is 33.5 Å². The molecule has 0 radical (unpaired) electrons. The second-order valence-corrected chi connectivity index (χ2v) is 6.19. The van der Waals surface area contributed by atoms with Gasteiger partial charge in [-0.25, -0.2) is 9.97 Å². The Kier molecular flexibility index (Phi) is 4.68. The van der Waals surface area contributed by atoms with E-state index in [2.05, 4.69) is 36.1 Å². The number of carbonyl (C=O) groups excluding carboxylic acids is 1. The number of rotatable bonds is 3. The fraction of sp³-hybridized carbons (Fsp3) is 0.312. The van der Waals surface area contributed by atoms with Gasteiger partial charge in [0, 0.05) is 29.2 Å². The van der Waals surface area contributed by atoms with Gasteiger partial charge in [-0.15, -0.1) is 0 Å². The number of amides is 1. The molecule has 1 saturated heterocycles. The van der Waals surface area contributed by atoms with Gasteiger partial charge in [0.1, 0.15) is 18.0 Å². The van der Waals surface area contributed by atoms with Gasteiger partial charge in [0.2, 0.25) is 0 Å². The van der Waals surface area contributed by atoms with Gasteiger partial charge < -0.3 is 10.2 Å². The average molecular weight is 361 g/mol. The summed E-state index contributed by atoms with van der Waals surface area (Å²) in [6.45, 7) is 2.02. The zero-order chi connectivity index (χ0) is 15.4. The van der Waals surface area contributed by atoms with E-state index < -0.39 is 0 Å². The van der Waals surface area contributed by atoms with Crippen molar-refractivity contribution in [2.24, 2.45) is 0 Å². The number of hydrogen-bond acceptors (Lipinski definition) is 4. The summed E-state index contributed by atoms with van der Waals surface area (Å²) in [6, 6.07) is 9.06. The third kappa shape index (κ3) is 3.62. The van der Waals surface area contributed by atoms with Crippen LogP contribution in [0.3, 0.4) is 0 Å². The first-order chi connectivity index (χ1) is 10.7. The topological polar surface area (TPSA) is 58.1 Å². The number of benzene rings is 1. The molecule has 0 saturated carbocycles. The summed E-state index contributed by atoms with van der Waals surface area (Å²) in [5.41, 5.74) is 0.598. The van der Waals surface area contributed by atoms with Crippen molar-refractivity contribution in [2.45, 2.75) is 19.3 Å². The van der Waals surface area contributed by atoms with Gasteiger partial charge in [-0.2, -0.15) is 0 Å². The molecule has 1 aromatic carbocycles. The molecule has 0 unspecified atom stereocenters. The van der Waals surface area contributed by atoms with Crippen molar-refractivity contribution in [1.29, 1.82) is 0 Å². The predicted molar refractivity (Wildman–Crippen MR) is 90.2 cm³/mol. The minimum absolute atomic E-state index is 0.171. The molecule has 2 heterocycles. The minimum Gasteiger partial charge on any atom is -0.356 e. The lowest BCUT2D eigenvalue weighted by atomic mass is 10.1. The molecule has 0 spiro atoms. The fourth-order valence-corrected chi connectivity index (χ4v) is 2.77. The van der Waals surface area contributed by atoms with E-state index in [0.717, 1.165) is 23.4 Å². The van der Waals surface area contributed by atoms with Crippen LogP contribution in [0.25, 0.3) is 0 Å². The van der Waals surface area contributed by atoms with Crippen LogP contribution in [0, 0.1) is 0 Å². The van der Waals surface area contributed by atoms with Crippen LogP contribution in [-0.4, -0.2) is 29.0 Å². The van der Waals surface area contributed by atoms with Crippen LogP contribution in [0.15, 0.2) is 41.1 Å². The molecule has 1 aliphatic heterocycles. The maximum Gasteiger partial charge on any atom is 0.256 e.